The zero-order chi connectivity index (χ0) is 38.2. The molecule has 4 rings (SSSR count). The summed E-state index contributed by atoms with van der Waals surface area (Å²) >= 11 is 0. The van der Waals surface area contributed by atoms with Crippen LogP contribution in [0.4, 0.5) is 0 Å². The van der Waals surface area contributed by atoms with E-state index in [1.54, 1.807) is 6.92 Å². The van der Waals surface area contributed by atoms with Crippen molar-refractivity contribution in [2.24, 2.45) is 22.7 Å². The van der Waals surface area contributed by atoms with E-state index in [0.29, 0.717) is 35.3 Å². The normalized spacial score (nSPS) is 31.2. The molecule has 280 valence electrons. The molecule has 0 spiro atoms. The van der Waals surface area contributed by atoms with Crippen molar-refractivity contribution in [3.8, 4) is 0 Å². The third-order valence-electron chi connectivity index (χ3n) is 11.3. The first kappa shape index (κ1) is 39.8. The third-order valence-corrected chi connectivity index (χ3v) is 11.3. The minimum atomic E-state index is -1.23. The van der Waals surface area contributed by atoms with Crippen molar-refractivity contribution in [3.05, 3.63) is 71.5 Å². The molecule has 1 N–H and O–H groups in total. The Balaban J connectivity index is 1.83. The molecule has 1 aromatic rings. The van der Waals surface area contributed by atoms with Crippen molar-refractivity contribution >= 4 is 23.9 Å². The van der Waals surface area contributed by atoms with Gasteiger partial charge in [-0.05, 0) is 80.3 Å². The molecule has 3 aliphatic rings. The topological polar surface area (TPSA) is 138 Å². The molecule has 51 heavy (non-hydrogen) atoms. The van der Waals surface area contributed by atoms with Gasteiger partial charge < -0.3 is 28.8 Å². The maximum absolute atomic E-state index is 14.2. The maximum atomic E-state index is 14.2. The van der Waals surface area contributed by atoms with Gasteiger partial charge in [0.05, 0.1) is 17.9 Å². The van der Waals surface area contributed by atoms with E-state index in [4.69, 9.17) is 23.7 Å². The van der Waals surface area contributed by atoms with E-state index in [1.165, 1.54) is 20.8 Å². The molecule has 2 fully saturated rings. The summed E-state index contributed by atoms with van der Waals surface area (Å²) in [5, 5.41) is 12.2. The SMILES string of the molecule is C=C(C)OC(C(=O)OC1CC(O)C2(C)C(CC3CC(OC(C)=O)C(C)=C(C(OC(C)=O)C2OC(C)=O)C3(C)C)C1=C)C(c1ccccc1)N(C)C. The summed E-state index contributed by atoms with van der Waals surface area (Å²) in [6, 6.07) is 8.94. The molecular weight excluding hydrogens is 654 g/mol. The first-order chi connectivity index (χ1) is 23.7. The lowest BCUT2D eigenvalue weighted by atomic mass is 9.49. The standard InChI is InChI=1S/C40H55NO10/c1-21(2)47-36(34(41(11)12)27-16-14-13-15-17-27)38(46)51-31-20-32(45)40(10)29(22(31)3)18-28-19-30(48-24(5)42)23(4)33(39(28,8)9)35(49-25(6)43)37(40)50-26(7)44/h13-17,28-32,34-37,45H,1,3,18-20H2,2,4-12H3. The van der Waals surface area contributed by atoms with Crippen LogP contribution in [0.5, 0.6) is 0 Å². The molecule has 0 heterocycles. The van der Waals surface area contributed by atoms with Crippen LogP contribution in [0.25, 0.3) is 0 Å². The molecule has 10 unspecified atom stereocenters. The van der Waals surface area contributed by atoms with E-state index in [2.05, 4.69) is 13.2 Å². The molecule has 0 aromatic heterocycles. The Hall–Kier alpha value is -3.96. The lowest BCUT2D eigenvalue weighted by molar-refractivity contribution is -0.206. The fourth-order valence-electron chi connectivity index (χ4n) is 8.82. The number of allylic oxidation sites excluding steroid dienone is 1. The summed E-state index contributed by atoms with van der Waals surface area (Å²) in [4.78, 5) is 54.0. The number of carbonyl (C=O) groups excluding carboxylic acids is 4. The molecule has 3 aliphatic carbocycles. The van der Waals surface area contributed by atoms with Gasteiger partial charge in [-0.15, -0.1) is 0 Å². The molecule has 0 amide bonds. The molecule has 0 radical (unpaired) electrons. The quantitative estimate of drug-likeness (QED) is 0.140. The van der Waals surface area contributed by atoms with E-state index < -0.39 is 83.3 Å². The number of aliphatic hydroxyl groups excluding tert-OH is 1. The van der Waals surface area contributed by atoms with Crippen LogP contribution in [0.1, 0.15) is 86.3 Å². The van der Waals surface area contributed by atoms with Crippen LogP contribution in [-0.4, -0.2) is 84.6 Å². The van der Waals surface area contributed by atoms with Gasteiger partial charge in [0.1, 0.15) is 12.2 Å². The summed E-state index contributed by atoms with van der Waals surface area (Å²) < 4.78 is 30.2. The van der Waals surface area contributed by atoms with E-state index in [9.17, 15) is 24.3 Å². The van der Waals surface area contributed by atoms with Crippen LogP contribution in [0, 0.1) is 22.7 Å². The van der Waals surface area contributed by atoms with Gasteiger partial charge in [0, 0.05) is 32.6 Å². The average Bonchev–Trinajstić information content (AvgIpc) is 3.01. The van der Waals surface area contributed by atoms with Gasteiger partial charge in [0.25, 0.3) is 0 Å². The van der Waals surface area contributed by atoms with Crippen molar-refractivity contribution in [2.45, 2.75) is 117 Å². The van der Waals surface area contributed by atoms with Gasteiger partial charge in [0.2, 0.25) is 6.10 Å². The highest BCUT2D eigenvalue weighted by atomic mass is 16.6. The van der Waals surface area contributed by atoms with Crippen molar-refractivity contribution < 1.29 is 48.0 Å². The first-order valence-corrected chi connectivity index (χ1v) is 17.5. The van der Waals surface area contributed by atoms with Crippen LogP contribution in [0.3, 0.4) is 0 Å². The molecule has 11 heteroatoms. The number of aliphatic hydroxyl groups is 1. The Bertz CT molecular complexity index is 1560. The predicted octanol–water partition coefficient (Wildman–Crippen LogP) is 5.62. The highest BCUT2D eigenvalue weighted by molar-refractivity contribution is 5.77. The zero-order valence-electron chi connectivity index (χ0n) is 31.7. The lowest BCUT2D eigenvalue weighted by Gasteiger charge is -2.59. The van der Waals surface area contributed by atoms with Crippen LogP contribution in [-0.2, 0) is 42.9 Å². The monoisotopic (exact) mass is 709 g/mol. The van der Waals surface area contributed by atoms with Gasteiger partial charge >= 0.3 is 23.9 Å². The number of likely N-dealkylation sites (N-methyl/N-ethyl adjacent to an activating group) is 1. The molecule has 0 saturated heterocycles. The Morgan fingerprint density at radius 3 is 1.98 bits per heavy atom. The first-order valence-electron chi connectivity index (χ1n) is 17.5. The van der Waals surface area contributed by atoms with Crippen LogP contribution >= 0.6 is 0 Å². The van der Waals surface area contributed by atoms with E-state index in [1.807, 2.05) is 77.0 Å². The Labute approximate surface area is 302 Å². The Morgan fingerprint density at radius 2 is 1.45 bits per heavy atom. The van der Waals surface area contributed by atoms with E-state index >= 15 is 0 Å². The fraction of sp³-hybridized carbons (Fsp3) is 0.600. The summed E-state index contributed by atoms with van der Waals surface area (Å²) in [5.74, 6) is -2.78. The second kappa shape index (κ2) is 15.3. The summed E-state index contributed by atoms with van der Waals surface area (Å²) in [5.41, 5.74) is 0.898. The number of carbonyl (C=O) groups is 4. The summed E-state index contributed by atoms with van der Waals surface area (Å²) in [6.45, 7) is 21.6. The van der Waals surface area contributed by atoms with Crippen LogP contribution < -0.4 is 0 Å². The number of ether oxygens (including phenoxy) is 5. The van der Waals surface area contributed by atoms with Gasteiger partial charge in [0.15, 0.2) is 12.2 Å². The van der Waals surface area contributed by atoms with Crippen LogP contribution in [0.2, 0.25) is 0 Å². The van der Waals surface area contributed by atoms with Crippen molar-refractivity contribution in [1.82, 2.24) is 4.90 Å². The highest BCUT2D eigenvalue weighted by Crippen LogP contribution is 2.60. The van der Waals surface area contributed by atoms with Crippen molar-refractivity contribution in [3.63, 3.8) is 0 Å². The second-order valence-electron chi connectivity index (χ2n) is 15.4. The van der Waals surface area contributed by atoms with Gasteiger partial charge in [-0.2, -0.15) is 0 Å². The number of benzene rings is 1. The highest BCUT2D eigenvalue weighted by Gasteiger charge is 2.63. The molecule has 0 aliphatic heterocycles. The lowest BCUT2D eigenvalue weighted by Crippen LogP contribution is -2.64. The largest absolute Gasteiger partial charge is 0.482 e. The number of fused-ring (bicyclic) bond motifs is 3. The molecule has 11 nitrogen and oxygen atoms in total. The van der Waals surface area contributed by atoms with Gasteiger partial charge in [-0.25, -0.2) is 4.79 Å². The van der Waals surface area contributed by atoms with Crippen molar-refractivity contribution in [2.75, 3.05) is 14.1 Å². The third kappa shape index (κ3) is 7.94. The molecular formula is C40H55NO10. The molecule has 2 bridgehead atoms. The second-order valence-corrected chi connectivity index (χ2v) is 15.4. The minimum Gasteiger partial charge on any atom is -0.482 e. The number of hydrogen-bond donors (Lipinski definition) is 1. The number of esters is 4. The molecule has 2 saturated carbocycles. The number of nitrogens with zero attached hydrogens (tertiary/aromatic N) is 1. The minimum absolute atomic E-state index is 0.0535. The average molecular weight is 710 g/mol. The van der Waals surface area contributed by atoms with Crippen molar-refractivity contribution in [1.29, 1.82) is 0 Å². The van der Waals surface area contributed by atoms with E-state index in [0.717, 1.165) is 5.56 Å². The zero-order valence-corrected chi connectivity index (χ0v) is 31.7. The number of hydrogen-bond acceptors (Lipinski definition) is 11. The number of rotatable bonds is 10. The smallest absolute Gasteiger partial charge is 0.349 e. The maximum Gasteiger partial charge on any atom is 0.349 e. The summed E-state index contributed by atoms with van der Waals surface area (Å²) in [7, 11) is 3.69. The van der Waals surface area contributed by atoms with Crippen LogP contribution in [0.15, 0.2) is 66.0 Å². The summed E-state index contributed by atoms with van der Waals surface area (Å²) in [6.07, 6.45) is -5.30. The van der Waals surface area contributed by atoms with Gasteiger partial charge in [-0.1, -0.05) is 64.3 Å². The Morgan fingerprint density at radius 1 is 0.863 bits per heavy atom. The predicted molar refractivity (Wildman–Crippen MR) is 190 cm³/mol. The molecule has 1 aromatic carbocycles. The fourth-order valence-corrected chi connectivity index (χ4v) is 8.82. The Kier molecular flexibility index (Phi) is 12.0. The van der Waals surface area contributed by atoms with Gasteiger partial charge in [-0.3, -0.25) is 19.3 Å². The molecule has 10 atom stereocenters. The van der Waals surface area contributed by atoms with E-state index in [-0.39, 0.29) is 12.3 Å².